The van der Waals surface area contributed by atoms with Crippen molar-refractivity contribution in [2.45, 2.75) is 96.1 Å². The van der Waals surface area contributed by atoms with Crippen LogP contribution in [0.15, 0.2) is 0 Å². The minimum Gasteiger partial charge on any atom is -0.480 e. The predicted molar refractivity (Wildman–Crippen MR) is 147 cm³/mol. The van der Waals surface area contributed by atoms with Gasteiger partial charge in [0.25, 0.3) is 0 Å². The average Bonchev–Trinajstić information content (AvgIpc) is 2.90. The Morgan fingerprint density at radius 2 is 1.44 bits per heavy atom. The van der Waals surface area contributed by atoms with Gasteiger partial charge in [-0.25, -0.2) is 4.79 Å². The number of carboxylic acids is 1. The highest BCUT2D eigenvalue weighted by atomic mass is 16.4. The monoisotopic (exact) mass is 556 g/mol. The number of amides is 4. The maximum atomic E-state index is 12.1. The van der Waals surface area contributed by atoms with Crippen LogP contribution in [0.2, 0.25) is 0 Å². The number of carboxylic acid groups (broad SMARTS) is 1. The van der Waals surface area contributed by atoms with Crippen molar-refractivity contribution in [3.63, 3.8) is 0 Å². The van der Waals surface area contributed by atoms with E-state index < -0.39 is 35.8 Å². The molecule has 0 heterocycles. The maximum Gasteiger partial charge on any atom is 0.326 e. The van der Waals surface area contributed by atoms with E-state index in [9.17, 15) is 33.9 Å². The zero-order chi connectivity index (χ0) is 29.3. The first-order chi connectivity index (χ1) is 18.7. The fraction of sp³-hybridized carbons (Fsp3) is 0.769. The molecule has 224 valence electrons. The molecular formula is C26H48N6O7. The summed E-state index contributed by atoms with van der Waals surface area (Å²) in [6.07, 6.45) is 9.76. The average molecular weight is 557 g/mol. The molecule has 0 saturated heterocycles. The molecule has 13 nitrogen and oxygen atoms in total. The summed E-state index contributed by atoms with van der Waals surface area (Å²) in [5.41, 5.74) is 5.81. The van der Waals surface area contributed by atoms with Crippen LogP contribution in [0.1, 0.15) is 84.0 Å². The zero-order valence-corrected chi connectivity index (χ0v) is 23.2. The molecule has 13 heteroatoms. The molecule has 0 saturated carbocycles. The Balaban J connectivity index is 3.92. The topological polar surface area (TPSA) is 209 Å². The van der Waals surface area contributed by atoms with Gasteiger partial charge in [0.15, 0.2) is 0 Å². The molecule has 0 radical (unpaired) electrons. The van der Waals surface area contributed by atoms with Gasteiger partial charge in [0, 0.05) is 45.4 Å². The SMILES string of the molecule is CCCCCCCCCC(=O)NCCNC[C@H](N)C(=O)NCC(=O)NCC[C@@H](NC(=O)CCCC=O)C(=O)O. The standard InChI is InChI=1S/C26H48N6O7/c1-2-3-4-5-6-7-8-11-22(34)30-16-15-28-18-20(27)25(37)31-19-24(36)29-14-13-21(26(38)39)32-23(35)12-9-10-17-33/h17,20-21,28H,2-16,18-19,27H2,1H3,(H,29,36)(H,30,34)(H,31,37)(H,32,35)(H,38,39)/t20-,21+/m0/s1. The van der Waals surface area contributed by atoms with E-state index in [1.54, 1.807) is 0 Å². The van der Waals surface area contributed by atoms with Crippen molar-refractivity contribution >= 4 is 35.9 Å². The van der Waals surface area contributed by atoms with Gasteiger partial charge in [0.2, 0.25) is 23.6 Å². The molecule has 0 aromatic carbocycles. The van der Waals surface area contributed by atoms with Crippen LogP contribution in [0, 0.1) is 0 Å². The molecule has 0 rings (SSSR count). The van der Waals surface area contributed by atoms with E-state index >= 15 is 0 Å². The normalized spacial score (nSPS) is 12.2. The molecule has 0 unspecified atom stereocenters. The third kappa shape index (κ3) is 21.6. The van der Waals surface area contributed by atoms with E-state index in [1.807, 2.05) is 0 Å². The predicted octanol–water partition coefficient (Wildman–Crippen LogP) is -0.279. The molecule has 39 heavy (non-hydrogen) atoms. The molecule has 2 atom stereocenters. The van der Waals surface area contributed by atoms with Crippen molar-refractivity contribution in [2.75, 3.05) is 32.7 Å². The van der Waals surface area contributed by atoms with Crippen molar-refractivity contribution in [2.24, 2.45) is 5.73 Å². The van der Waals surface area contributed by atoms with Crippen LogP contribution in [0.5, 0.6) is 0 Å². The van der Waals surface area contributed by atoms with Gasteiger partial charge in [-0.3, -0.25) is 19.2 Å². The molecule has 0 bridgehead atoms. The lowest BCUT2D eigenvalue weighted by Crippen LogP contribution is -2.50. The van der Waals surface area contributed by atoms with Crippen LogP contribution in [-0.2, 0) is 28.8 Å². The first-order valence-corrected chi connectivity index (χ1v) is 13.9. The second kappa shape index (κ2) is 24.0. The summed E-state index contributed by atoms with van der Waals surface area (Å²) in [5.74, 6) is -2.80. The van der Waals surface area contributed by atoms with E-state index in [1.165, 1.54) is 25.7 Å². The van der Waals surface area contributed by atoms with Crippen molar-refractivity contribution in [1.82, 2.24) is 26.6 Å². The highest BCUT2D eigenvalue weighted by Gasteiger charge is 2.20. The summed E-state index contributed by atoms with van der Waals surface area (Å²) in [5, 5.41) is 22.3. The van der Waals surface area contributed by atoms with Gasteiger partial charge < -0.3 is 42.2 Å². The molecule has 0 aromatic heterocycles. The minimum absolute atomic E-state index is 0.00469. The number of unbranched alkanes of at least 4 members (excludes halogenated alkanes) is 7. The van der Waals surface area contributed by atoms with E-state index in [-0.39, 0.29) is 44.8 Å². The van der Waals surface area contributed by atoms with Gasteiger partial charge in [-0.05, 0) is 19.3 Å². The van der Waals surface area contributed by atoms with Crippen LogP contribution < -0.4 is 32.3 Å². The van der Waals surface area contributed by atoms with Gasteiger partial charge in [-0.1, -0.05) is 45.4 Å². The smallest absolute Gasteiger partial charge is 0.326 e. The Bertz CT molecular complexity index is 750. The van der Waals surface area contributed by atoms with E-state index in [0.29, 0.717) is 32.2 Å². The summed E-state index contributed by atoms with van der Waals surface area (Å²) in [6, 6.07) is -2.08. The third-order valence-corrected chi connectivity index (χ3v) is 5.87. The summed E-state index contributed by atoms with van der Waals surface area (Å²) >= 11 is 0. The van der Waals surface area contributed by atoms with Crippen molar-refractivity contribution < 1.29 is 33.9 Å². The second-order valence-electron chi connectivity index (χ2n) is 9.41. The fourth-order valence-electron chi connectivity index (χ4n) is 3.56. The number of aldehydes is 1. The van der Waals surface area contributed by atoms with Crippen molar-refractivity contribution in [3.8, 4) is 0 Å². The number of nitrogens with one attached hydrogen (secondary N) is 5. The Labute approximate surface area is 231 Å². The first kappa shape index (κ1) is 35.9. The van der Waals surface area contributed by atoms with Crippen LogP contribution in [-0.4, -0.2) is 85.8 Å². The Morgan fingerprint density at radius 3 is 2.10 bits per heavy atom. The fourth-order valence-corrected chi connectivity index (χ4v) is 3.56. The van der Waals surface area contributed by atoms with Gasteiger partial charge in [0.05, 0.1) is 12.6 Å². The minimum atomic E-state index is -1.24. The Hall–Kier alpha value is -3.06. The highest BCUT2D eigenvalue weighted by molar-refractivity contribution is 5.87. The quantitative estimate of drug-likeness (QED) is 0.0582. The van der Waals surface area contributed by atoms with Crippen molar-refractivity contribution in [3.05, 3.63) is 0 Å². The number of carbonyl (C=O) groups excluding carboxylic acids is 5. The first-order valence-electron chi connectivity index (χ1n) is 13.9. The number of nitrogens with two attached hydrogens (primary N) is 1. The molecule has 0 fully saturated rings. The summed E-state index contributed by atoms with van der Waals surface area (Å²) in [7, 11) is 0. The molecule has 4 amide bonds. The molecule has 8 N–H and O–H groups in total. The van der Waals surface area contributed by atoms with Gasteiger partial charge >= 0.3 is 5.97 Å². The number of hydrogen-bond donors (Lipinski definition) is 7. The number of rotatable bonds is 25. The molecule has 0 aliphatic heterocycles. The number of aliphatic carboxylic acids is 1. The molecule has 0 aliphatic carbocycles. The zero-order valence-electron chi connectivity index (χ0n) is 23.2. The van der Waals surface area contributed by atoms with Crippen LogP contribution >= 0.6 is 0 Å². The Morgan fingerprint density at radius 1 is 0.795 bits per heavy atom. The Kier molecular flexibility index (Phi) is 22.1. The lowest BCUT2D eigenvalue weighted by atomic mass is 10.1. The van der Waals surface area contributed by atoms with E-state index in [0.717, 1.165) is 19.3 Å². The summed E-state index contributed by atoms with van der Waals surface area (Å²) < 4.78 is 0. The van der Waals surface area contributed by atoms with Gasteiger partial charge in [0.1, 0.15) is 12.3 Å². The van der Waals surface area contributed by atoms with Crippen molar-refractivity contribution in [1.29, 1.82) is 0 Å². The molecule has 0 aliphatic rings. The van der Waals surface area contributed by atoms with Gasteiger partial charge in [-0.15, -0.1) is 0 Å². The lowest BCUT2D eigenvalue weighted by molar-refractivity contribution is -0.142. The molecular weight excluding hydrogens is 508 g/mol. The highest BCUT2D eigenvalue weighted by Crippen LogP contribution is 2.08. The second-order valence-corrected chi connectivity index (χ2v) is 9.41. The van der Waals surface area contributed by atoms with Crippen LogP contribution in [0.25, 0.3) is 0 Å². The van der Waals surface area contributed by atoms with E-state index in [2.05, 4.69) is 33.5 Å². The number of hydrogen-bond acceptors (Lipinski definition) is 8. The third-order valence-electron chi connectivity index (χ3n) is 5.87. The molecule has 0 spiro atoms. The van der Waals surface area contributed by atoms with Crippen LogP contribution in [0.3, 0.4) is 0 Å². The van der Waals surface area contributed by atoms with Crippen LogP contribution in [0.4, 0.5) is 0 Å². The molecule has 0 aromatic rings. The maximum absolute atomic E-state index is 12.1. The lowest BCUT2D eigenvalue weighted by Gasteiger charge is -2.15. The largest absolute Gasteiger partial charge is 0.480 e. The van der Waals surface area contributed by atoms with E-state index in [4.69, 9.17) is 5.73 Å². The summed E-state index contributed by atoms with van der Waals surface area (Å²) in [4.78, 5) is 69.2. The number of carbonyl (C=O) groups is 6. The summed E-state index contributed by atoms with van der Waals surface area (Å²) in [6.45, 7) is 2.84. The van der Waals surface area contributed by atoms with Gasteiger partial charge in [-0.2, -0.15) is 0 Å².